The first-order valence-electron chi connectivity index (χ1n) is 3.94. The molecule has 0 aromatic heterocycles. The topological polar surface area (TPSA) is 77.8 Å². The third-order valence-corrected chi connectivity index (χ3v) is 1.93. The van der Waals surface area contributed by atoms with Gasteiger partial charge in [0.2, 0.25) is 0 Å². The highest BCUT2D eigenvalue weighted by atomic mass is 16.4. The van der Waals surface area contributed by atoms with Crippen LogP contribution in [-0.2, 0) is 9.59 Å². The smallest absolute Gasteiger partial charge is 0.328 e. The van der Waals surface area contributed by atoms with Gasteiger partial charge in [0.15, 0.2) is 0 Å². The van der Waals surface area contributed by atoms with Gasteiger partial charge in [-0.05, 0) is 0 Å². The molecule has 0 radical (unpaired) electrons. The lowest BCUT2D eigenvalue weighted by Gasteiger charge is -2.35. The molecule has 0 bridgehead atoms. The lowest BCUT2D eigenvalue weighted by atomic mass is 10.0. The van der Waals surface area contributed by atoms with Crippen LogP contribution >= 0.6 is 0 Å². The first-order valence-corrected chi connectivity index (χ1v) is 3.94. The summed E-state index contributed by atoms with van der Waals surface area (Å²) in [5, 5.41) is 16.8. The number of hydrogen-bond donors (Lipinski definition) is 2. The average Bonchev–Trinajstić information content (AvgIpc) is 1.92. The number of aliphatic carboxylic acids is 2. The second-order valence-electron chi connectivity index (χ2n) is 2.99. The largest absolute Gasteiger partial charge is 0.481 e. The fourth-order valence-electron chi connectivity index (χ4n) is 1.18. The lowest BCUT2D eigenvalue weighted by molar-refractivity contribution is -0.147. The third-order valence-electron chi connectivity index (χ3n) is 1.93. The first kappa shape index (κ1) is 9.73. The van der Waals surface area contributed by atoms with Gasteiger partial charge in [0.05, 0.1) is 5.92 Å². The van der Waals surface area contributed by atoms with Crippen LogP contribution < -0.4 is 0 Å². The Morgan fingerprint density at radius 3 is 2.46 bits per heavy atom. The summed E-state index contributed by atoms with van der Waals surface area (Å²) in [6, 6.07) is 0. The van der Waals surface area contributed by atoms with Gasteiger partial charge < -0.3 is 10.2 Å². The number of likely N-dealkylation sites (tertiary alicyclic amines) is 1. The van der Waals surface area contributed by atoms with E-state index < -0.39 is 11.9 Å². The van der Waals surface area contributed by atoms with Crippen molar-refractivity contribution in [2.75, 3.05) is 19.6 Å². The number of carbonyl (C=O) groups is 2. The van der Waals surface area contributed by atoms with Crippen LogP contribution in [0.2, 0.25) is 0 Å². The molecule has 1 heterocycles. The Morgan fingerprint density at radius 1 is 1.38 bits per heavy atom. The van der Waals surface area contributed by atoms with Gasteiger partial charge in [-0.1, -0.05) is 6.08 Å². The van der Waals surface area contributed by atoms with Gasteiger partial charge in [-0.2, -0.15) is 0 Å². The molecule has 0 saturated carbocycles. The standard InChI is InChI=1S/C8H11NO4/c10-7(11)2-1-3-9-4-6(5-9)8(12)13/h1-2,6H,3-5H2,(H,10,11)(H,12,13)/b2-1+. The van der Waals surface area contributed by atoms with E-state index in [2.05, 4.69) is 0 Å². The maximum Gasteiger partial charge on any atom is 0.328 e. The highest BCUT2D eigenvalue weighted by molar-refractivity contribution is 5.79. The van der Waals surface area contributed by atoms with Crippen LogP contribution in [0.3, 0.4) is 0 Å². The molecule has 1 aliphatic rings. The number of rotatable bonds is 4. The molecule has 13 heavy (non-hydrogen) atoms. The van der Waals surface area contributed by atoms with Gasteiger partial charge in [-0.25, -0.2) is 4.79 Å². The molecule has 0 atom stereocenters. The zero-order chi connectivity index (χ0) is 9.84. The molecule has 0 aromatic rings. The monoisotopic (exact) mass is 185 g/mol. The number of hydrogen-bond acceptors (Lipinski definition) is 3. The molecular weight excluding hydrogens is 174 g/mol. The summed E-state index contributed by atoms with van der Waals surface area (Å²) in [6.07, 6.45) is 2.58. The number of carboxylic acid groups (broad SMARTS) is 2. The van der Waals surface area contributed by atoms with E-state index in [9.17, 15) is 9.59 Å². The van der Waals surface area contributed by atoms with E-state index in [1.54, 1.807) is 0 Å². The SMILES string of the molecule is O=C(O)/C=C/CN1CC(C(=O)O)C1. The minimum atomic E-state index is -0.977. The van der Waals surface area contributed by atoms with Crippen LogP contribution in [0.25, 0.3) is 0 Å². The zero-order valence-corrected chi connectivity index (χ0v) is 7.01. The Hall–Kier alpha value is -1.36. The van der Waals surface area contributed by atoms with Crippen molar-refractivity contribution in [2.24, 2.45) is 5.92 Å². The molecule has 5 heteroatoms. The van der Waals surface area contributed by atoms with Gasteiger partial charge in [0.1, 0.15) is 0 Å². The molecule has 0 amide bonds. The predicted molar refractivity (Wildman–Crippen MR) is 44.3 cm³/mol. The van der Waals surface area contributed by atoms with E-state index in [1.807, 2.05) is 4.90 Å². The Balaban J connectivity index is 2.15. The van der Waals surface area contributed by atoms with E-state index in [-0.39, 0.29) is 5.92 Å². The van der Waals surface area contributed by atoms with Gasteiger partial charge in [-0.3, -0.25) is 9.69 Å². The van der Waals surface area contributed by atoms with Gasteiger partial charge in [0, 0.05) is 25.7 Å². The van der Waals surface area contributed by atoms with Crippen molar-refractivity contribution in [1.82, 2.24) is 4.90 Å². The van der Waals surface area contributed by atoms with Crippen molar-refractivity contribution >= 4 is 11.9 Å². The number of carboxylic acids is 2. The molecular formula is C8H11NO4. The van der Waals surface area contributed by atoms with Gasteiger partial charge in [-0.15, -0.1) is 0 Å². The van der Waals surface area contributed by atoms with Crippen molar-refractivity contribution in [3.05, 3.63) is 12.2 Å². The molecule has 1 aliphatic heterocycles. The van der Waals surface area contributed by atoms with Crippen molar-refractivity contribution in [2.45, 2.75) is 0 Å². The average molecular weight is 185 g/mol. The summed E-state index contributed by atoms with van der Waals surface area (Å²) in [5.41, 5.74) is 0. The van der Waals surface area contributed by atoms with E-state index in [1.165, 1.54) is 6.08 Å². The van der Waals surface area contributed by atoms with Crippen molar-refractivity contribution in [3.8, 4) is 0 Å². The molecule has 5 nitrogen and oxygen atoms in total. The minimum Gasteiger partial charge on any atom is -0.481 e. The van der Waals surface area contributed by atoms with Crippen molar-refractivity contribution in [1.29, 1.82) is 0 Å². The molecule has 2 N–H and O–H groups in total. The summed E-state index contributed by atoms with van der Waals surface area (Å²) >= 11 is 0. The molecule has 0 aliphatic carbocycles. The summed E-state index contributed by atoms with van der Waals surface area (Å²) in [6.45, 7) is 1.54. The third kappa shape index (κ3) is 2.87. The first-order chi connectivity index (χ1) is 6.09. The zero-order valence-electron chi connectivity index (χ0n) is 7.01. The van der Waals surface area contributed by atoms with Crippen molar-refractivity contribution in [3.63, 3.8) is 0 Å². The van der Waals surface area contributed by atoms with Crippen LogP contribution in [0.5, 0.6) is 0 Å². The Bertz CT molecular complexity index is 243. The van der Waals surface area contributed by atoms with E-state index in [4.69, 9.17) is 10.2 Å². The Morgan fingerprint density at radius 2 is 2.00 bits per heavy atom. The highest BCUT2D eigenvalue weighted by Gasteiger charge is 2.31. The van der Waals surface area contributed by atoms with Gasteiger partial charge >= 0.3 is 11.9 Å². The normalized spacial score (nSPS) is 18.8. The molecule has 0 unspecified atom stereocenters. The molecule has 1 saturated heterocycles. The Kier molecular flexibility index (Phi) is 3.02. The van der Waals surface area contributed by atoms with Crippen LogP contribution in [0.4, 0.5) is 0 Å². The summed E-state index contributed by atoms with van der Waals surface area (Å²) in [4.78, 5) is 22.3. The molecule has 0 aromatic carbocycles. The minimum absolute atomic E-state index is 0.279. The van der Waals surface area contributed by atoms with Crippen molar-refractivity contribution < 1.29 is 19.8 Å². The summed E-state index contributed by atoms with van der Waals surface area (Å²) in [5.74, 6) is -2.04. The quantitative estimate of drug-likeness (QED) is 0.585. The van der Waals surface area contributed by atoms with Gasteiger partial charge in [0.25, 0.3) is 0 Å². The maximum atomic E-state index is 10.4. The fourth-order valence-corrected chi connectivity index (χ4v) is 1.18. The summed E-state index contributed by atoms with van der Waals surface area (Å²) < 4.78 is 0. The predicted octanol–water partition coefficient (Wildman–Crippen LogP) is -0.356. The lowest BCUT2D eigenvalue weighted by Crippen LogP contribution is -2.50. The maximum absolute atomic E-state index is 10.4. The molecule has 72 valence electrons. The van der Waals surface area contributed by atoms with E-state index in [0.717, 1.165) is 6.08 Å². The number of nitrogens with zero attached hydrogens (tertiary/aromatic N) is 1. The van der Waals surface area contributed by atoms with E-state index >= 15 is 0 Å². The molecule has 1 fully saturated rings. The van der Waals surface area contributed by atoms with Crippen LogP contribution in [0.15, 0.2) is 12.2 Å². The highest BCUT2D eigenvalue weighted by Crippen LogP contribution is 2.14. The summed E-state index contributed by atoms with van der Waals surface area (Å²) in [7, 11) is 0. The second kappa shape index (κ2) is 4.04. The Labute approximate surface area is 75.3 Å². The second-order valence-corrected chi connectivity index (χ2v) is 2.99. The van der Waals surface area contributed by atoms with Crippen LogP contribution in [-0.4, -0.2) is 46.7 Å². The fraction of sp³-hybridized carbons (Fsp3) is 0.500. The van der Waals surface area contributed by atoms with Crippen LogP contribution in [0.1, 0.15) is 0 Å². The van der Waals surface area contributed by atoms with E-state index in [0.29, 0.717) is 19.6 Å². The molecule has 1 rings (SSSR count). The van der Waals surface area contributed by atoms with Crippen LogP contribution in [0, 0.1) is 5.92 Å². The molecule has 0 spiro atoms.